The van der Waals surface area contributed by atoms with Crippen LogP contribution in [-0.4, -0.2) is 18.0 Å². The molecular weight excluding hydrogens is 339 g/mol. The van der Waals surface area contributed by atoms with Gasteiger partial charge in [-0.15, -0.1) is 0 Å². The number of amides is 1. The molecule has 1 N–H and O–H groups in total. The molecule has 0 spiro atoms. The van der Waals surface area contributed by atoms with Crippen LogP contribution in [0.5, 0.6) is 11.6 Å². The monoisotopic (exact) mass is 356 g/mol. The van der Waals surface area contributed by atoms with E-state index < -0.39 is 0 Å². The lowest BCUT2D eigenvalue weighted by Gasteiger charge is -2.05. The number of furan rings is 1. The third kappa shape index (κ3) is 4.60. The van der Waals surface area contributed by atoms with Gasteiger partial charge in [0.25, 0.3) is 5.91 Å². The van der Waals surface area contributed by atoms with Crippen molar-refractivity contribution in [3.63, 3.8) is 0 Å². The number of hydrogen-bond donors (Lipinski definition) is 1. The number of halogens is 1. The van der Waals surface area contributed by atoms with Crippen molar-refractivity contribution in [3.8, 4) is 11.6 Å². The van der Waals surface area contributed by atoms with Crippen LogP contribution in [0, 0.1) is 5.82 Å². The Kier molecular flexibility index (Phi) is 5.48. The van der Waals surface area contributed by atoms with Gasteiger partial charge in [-0.05, 0) is 42.0 Å². The molecule has 3 aromatic rings. The first kappa shape index (κ1) is 17.5. The Hall–Kier alpha value is -3.35. The number of rotatable bonds is 7. The van der Waals surface area contributed by atoms with Crippen LogP contribution in [0.1, 0.15) is 21.9 Å². The van der Waals surface area contributed by atoms with Gasteiger partial charge in [-0.1, -0.05) is 6.07 Å². The van der Waals surface area contributed by atoms with E-state index in [1.165, 1.54) is 31.4 Å². The second-order valence-electron chi connectivity index (χ2n) is 5.40. The van der Waals surface area contributed by atoms with Gasteiger partial charge >= 0.3 is 0 Å². The van der Waals surface area contributed by atoms with E-state index in [1.807, 2.05) is 6.07 Å². The summed E-state index contributed by atoms with van der Waals surface area (Å²) in [5.41, 5.74) is 0.838. The Morgan fingerprint density at radius 1 is 1.15 bits per heavy atom. The molecule has 7 heteroatoms. The lowest BCUT2D eigenvalue weighted by atomic mass is 10.3. The fraction of sp³-hybridized carbons (Fsp3) is 0.158. The zero-order valence-corrected chi connectivity index (χ0v) is 14.1. The molecular formula is C19H17FN2O4. The summed E-state index contributed by atoms with van der Waals surface area (Å²) < 4.78 is 28.8. The molecule has 0 bridgehead atoms. The summed E-state index contributed by atoms with van der Waals surface area (Å²) >= 11 is 0. The zero-order valence-electron chi connectivity index (χ0n) is 14.1. The Bertz CT molecular complexity index is 860. The molecule has 134 valence electrons. The highest BCUT2D eigenvalue weighted by Gasteiger charge is 2.11. The summed E-state index contributed by atoms with van der Waals surface area (Å²) in [5.74, 6) is 1.03. The first-order valence-corrected chi connectivity index (χ1v) is 7.88. The lowest BCUT2D eigenvalue weighted by molar-refractivity contribution is 0.0919. The van der Waals surface area contributed by atoms with Crippen molar-refractivity contribution in [2.75, 3.05) is 7.11 Å². The summed E-state index contributed by atoms with van der Waals surface area (Å²) in [4.78, 5) is 16.2. The molecule has 1 aromatic carbocycles. The van der Waals surface area contributed by atoms with Crippen LogP contribution in [0.15, 0.2) is 59.1 Å². The highest BCUT2D eigenvalue weighted by molar-refractivity contribution is 5.91. The molecule has 2 aromatic heterocycles. The number of nitrogens with zero attached hydrogens (tertiary/aromatic N) is 1. The minimum absolute atomic E-state index is 0.140. The topological polar surface area (TPSA) is 73.6 Å². The number of benzene rings is 1. The molecule has 0 aliphatic carbocycles. The van der Waals surface area contributed by atoms with Crippen LogP contribution in [0.4, 0.5) is 4.39 Å². The van der Waals surface area contributed by atoms with Crippen molar-refractivity contribution < 1.29 is 23.1 Å². The number of nitrogens with one attached hydrogen (secondary N) is 1. The number of methoxy groups -OCH3 is 1. The van der Waals surface area contributed by atoms with Gasteiger partial charge in [-0.3, -0.25) is 4.79 Å². The van der Waals surface area contributed by atoms with Crippen LogP contribution in [0.3, 0.4) is 0 Å². The van der Waals surface area contributed by atoms with Gasteiger partial charge in [0, 0.05) is 18.8 Å². The highest BCUT2D eigenvalue weighted by atomic mass is 19.1. The third-order valence-electron chi connectivity index (χ3n) is 3.54. The van der Waals surface area contributed by atoms with Gasteiger partial charge in [0.1, 0.15) is 23.9 Å². The summed E-state index contributed by atoms with van der Waals surface area (Å²) in [7, 11) is 1.54. The maximum absolute atomic E-state index is 12.8. The van der Waals surface area contributed by atoms with Crippen molar-refractivity contribution in [1.29, 1.82) is 0 Å². The van der Waals surface area contributed by atoms with Crippen LogP contribution in [0.2, 0.25) is 0 Å². The number of aromatic nitrogens is 1. The lowest BCUT2D eigenvalue weighted by Crippen LogP contribution is -2.22. The number of carbonyl (C=O) groups excluding carboxylic acids is 1. The fourth-order valence-electron chi connectivity index (χ4n) is 2.17. The molecule has 2 heterocycles. The first-order chi connectivity index (χ1) is 12.6. The Labute approximate surface area is 149 Å². The summed E-state index contributed by atoms with van der Waals surface area (Å²) in [6, 6.07) is 12.4. The minimum Gasteiger partial charge on any atom is -0.486 e. The van der Waals surface area contributed by atoms with E-state index in [9.17, 15) is 9.18 Å². The van der Waals surface area contributed by atoms with Crippen LogP contribution >= 0.6 is 0 Å². The second-order valence-corrected chi connectivity index (χ2v) is 5.40. The standard InChI is InChI=1S/C19H17FN2O4/c1-24-18-9-2-13(10-21-18)11-22-19(23)17-8-7-16(26-17)12-25-15-5-3-14(20)4-6-15/h2-10H,11-12H2,1H3,(H,22,23). The molecule has 3 rings (SSSR count). The van der Waals surface area contributed by atoms with Crippen LogP contribution in [0.25, 0.3) is 0 Å². The van der Waals surface area contributed by atoms with Crippen LogP contribution < -0.4 is 14.8 Å². The van der Waals surface area contributed by atoms with Gasteiger partial charge in [0.15, 0.2) is 5.76 Å². The van der Waals surface area contributed by atoms with E-state index in [4.69, 9.17) is 13.9 Å². The van der Waals surface area contributed by atoms with Gasteiger partial charge in [0.05, 0.1) is 7.11 Å². The van der Waals surface area contributed by atoms with Gasteiger partial charge < -0.3 is 19.2 Å². The third-order valence-corrected chi connectivity index (χ3v) is 3.54. The first-order valence-electron chi connectivity index (χ1n) is 7.88. The number of ether oxygens (including phenoxy) is 2. The molecule has 0 fully saturated rings. The Balaban J connectivity index is 1.51. The van der Waals surface area contributed by atoms with E-state index in [2.05, 4.69) is 10.3 Å². The molecule has 0 aliphatic rings. The van der Waals surface area contributed by atoms with Crippen molar-refractivity contribution in [1.82, 2.24) is 10.3 Å². The van der Waals surface area contributed by atoms with E-state index in [1.54, 1.807) is 24.4 Å². The van der Waals surface area contributed by atoms with E-state index in [0.717, 1.165) is 5.56 Å². The number of pyridine rings is 1. The summed E-state index contributed by atoms with van der Waals surface area (Å²) in [6.45, 7) is 0.458. The molecule has 0 unspecified atom stereocenters. The van der Waals surface area contributed by atoms with Gasteiger partial charge in [0.2, 0.25) is 5.88 Å². The van der Waals surface area contributed by atoms with Crippen molar-refractivity contribution in [2.24, 2.45) is 0 Å². The quantitative estimate of drug-likeness (QED) is 0.703. The summed E-state index contributed by atoms with van der Waals surface area (Å²) in [6.07, 6.45) is 1.63. The fourth-order valence-corrected chi connectivity index (χ4v) is 2.17. The molecule has 0 atom stereocenters. The molecule has 0 aliphatic heterocycles. The Morgan fingerprint density at radius 3 is 2.65 bits per heavy atom. The van der Waals surface area contributed by atoms with Crippen molar-refractivity contribution >= 4 is 5.91 Å². The molecule has 26 heavy (non-hydrogen) atoms. The van der Waals surface area contributed by atoms with Crippen LogP contribution in [-0.2, 0) is 13.2 Å². The summed E-state index contributed by atoms with van der Waals surface area (Å²) in [5, 5.41) is 2.75. The molecule has 0 saturated carbocycles. The van der Waals surface area contributed by atoms with Gasteiger partial charge in [-0.2, -0.15) is 0 Å². The molecule has 0 saturated heterocycles. The highest BCUT2D eigenvalue weighted by Crippen LogP contribution is 2.15. The second kappa shape index (κ2) is 8.15. The van der Waals surface area contributed by atoms with E-state index in [0.29, 0.717) is 23.9 Å². The van der Waals surface area contributed by atoms with E-state index >= 15 is 0 Å². The largest absolute Gasteiger partial charge is 0.486 e. The number of hydrogen-bond acceptors (Lipinski definition) is 5. The molecule has 6 nitrogen and oxygen atoms in total. The van der Waals surface area contributed by atoms with Crippen molar-refractivity contribution in [3.05, 3.63) is 77.6 Å². The Morgan fingerprint density at radius 2 is 1.96 bits per heavy atom. The average molecular weight is 356 g/mol. The predicted molar refractivity (Wildman–Crippen MR) is 91.4 cm³/mol. The number of carbonyl (C=O) groups is 1. The average Bonchev–Trinajstić information content (AvgIpc) is 3.15. The normalized spacial score (nSPS) is 10.4. The maximum atomic E-state index is 12.8. The predicted octanol–water partition coefficient (Wildman–Crippen LogP) is 3.33. The van der Waals surface area contributed by atoms with Gasteiger partial charge in [-0.25, -0.2) is 9.37 Å². The molecule has 1 amide bonds. The smallest absolute Gasteiger partial charge is 0.287 e. The SMILES string of the molecule is COc1ccc(CNC(=O)c2ccc(COc3ccc(F)cc3)o2)cn1. The molecule has 0 radical (unpaired) electrons. The van der Waals surface area contributed by atoms with Crippen molar-refractivity contribution in [2.45, 2.75) is 13.2 Å². The van der Waals surface area contributed by atoms with E-state index in [-0.39, 0.29) is 24.1 Å². The zero-order chi connectivity index (χ0) is 18.4. The minimum atomic E-state index is -0.339. The maximum Gasteiger partial charge on any atom is 0.287 e.